The van der Waals surface area contributed by atoms with Gasteiger partial charge >= 0.3 is 5.97 Å². The summed E-state index contributed by atoms with van der Waals surface area (Å²) in [6, 6.07) is 0. The maximum Gasteiger partial charge on any atom is 0.334 e. The first-order valence-corrected chi connectivity index (χ1v) is 11.9. The number of hydrogen-bond acceptors (Lipinski definition) is 4. The number of hydrogen-bond donors (Lipinski definition) is 1. The van der Waals surface area contributed by atoms with Crippen LogP contribution in [0.2, 0.25) is 0 Å². The van der Waals surface area contributed by atoms with E-state index in [2.05, 4.69) is 26.1 Å². The topological polar surface area (TPSA) is 67.8 Å². The van der Waals surface area contributed by atoms with Gasteiger partial charge in [0.05, 0.1) is 0 Å². The highest BCUT2D eigenvalue weighted by Gasteiger charge is 2.43. The molecule has 0 aromatic heterocycles. The van der Waals surface area contributed by atoms with Gasteiger partial charge in [-0.1, -0.05) is 59.8 Å². The van der Waals surface area contributed by atoms with E-state index in [1.807, 2.05) is 6.92 Å². The molecule has 29 heavy (non-hydrogen) atoms. The van der Waals surface area contributed by atoms with Crippen LogP contribution < -0.4 is 5.32 Å². The minimum absolute atomic E-state index is 0.00694. The van der Waals surface area contributed by atoms with Crippen molar-refractivity contribution in [1.82, 2.24) is 5.32 Å². The molecule has 1 N–H and O–H groups in total. The van der Waals surface area contributed by atoms with Gasteiger partial charge in [-0.3, -0.25) is 9.79 Å². The third-order valence-electron chi connectivity index (χ3n) is 6.16. The largest absolute Gasteiger partial charge is 0.459 e. The van der Waals surface area contributed by atoms with E-state index >= 15 is 0 Å². The number of unbranched alkanes of at least 4 members (excludes halogenated alkanes) is 1. The van der Waals surface area contributed by atoms with Gasteiger partial charge in [-0.05, 0) is 51.4 Å². The van der Waals surface area contributed by atoms with Gasteiger partial charge < -0.3 is 10.1 Å². The minimum Gasteiger partial charge on any atom is -0.459 e. The van der Waals surface area contributed by atoms with Gasteiger partial charge in [-0.2, -0.15) is 0 Å². The molecule has 1 atom stereocenters. The normalized spacial score (nSPS) is 23.4. The lowest BCUT2D eigenvalue weighted by atomic mass is 9.88. The highest BCUT2D eigenvalue weighted by Crippen LogP contribution is 2.32. The van der Waals surface area contributed by atoms with Crippen LogP contribution in [0.15, 0.2) is 16.1 Å². The molecule has 1 amide bonds. The summed E-state index contributed by atoms with van der Waals surface area (Å²) in [6.45, 7) is 8.31. The van der Waals surface area contributed by atoms with Crippen molar-refractivity contribution in [1.29, 1.82) is 0 Å². The number of amides is 1. The second kappa shape index (κ2) is 11.5. The molecule has 1 saturated carbocycles. The van der Waals surface area contributed by atoms with Gasteiger partial charge in [0.15, 0.2) is 0 Å². The molecule has 164 valence electrons. The lowest BCUT2D eigenvalue weighted by Crippen LogP contribution is -2.40. The lowest BCUT2D eigenvalue weighted by Gasteiger charge is -2.23. The third kappa shape index (κ3) is 5.93. The Morgan fingerprint density at radius 3 is 2.38 bits per heavy atom. The van der Waals surface area contributed by atoms with E-state index in [9.17, 15) is 9.59 Å². The molecule has 0 aromatic carbocycles. The van der Waals surface area contributed by atoms with Crippen LogP contribution in [0.3, 0.4) is 0 Å². The van der Waals surface area contributed by atoms with Crippen molar-refractivity contribution in [3.8, 4) is 0 Å². The Morgan fingerprint density at radius 2 is 1.79 bits per heavy atom. The van der Waals surface area contributed by atoms with Crippen LogP contribution in [-0.2, 0) is 14.3 Å². The smallest absolute Gasteiger partial charge is 0.334 e. The number of ether oxygens (including phenoxy) is 1. The number of carbonyl (C=O) groups is 2. The Morgan fingerprint density at radius 1 is 1.07 bits per heavy atom. The average Bonchev–Trinajstić information content (AvgIpc) is 3.03. The predicted molar refractivity (Wildman–Crippen MR) is 118 cm³/mol. The van der Waals surface area contributed by atoms with E-state index in [0.29, 0.717) is 17.8 Å². The monoisotopic (exact) mass is 404 g/mol. The second-order valence-corrected chi connectivity index (χ2v) is 8.53. The molecule has 1 aliphatic carbocycles. The summed E-state index contributed by atoms with van der Waals surface area (Å²) in [7, 11) is 0. The predicted octanol–water partition coefficient (Wildman–Crippen LogP) is 5.63. The quantitative estimate of drug-likeness (QED) is 0.359. The van der Waals surface area contributed by atoms with Gasteiger partial charge in [0.2, 0.25) is 0 Å². The Labute approximate surface area is 176 Å². The Hall–Kier alpha value is -1.65. The van der Waals surface area contributed by atoms with Crippen LogP contribution in [0.5, 0.6) is 0 Å². The Kier molecular flexibility index (Phi) is 9.38. The Bertz CT molecular complexity index is 632. The first-order chi connectivity index (χ1) is 14.0. The van der Waals surface area contributed by atoms with Crippen molar-refractivity contribution >= 4 is 17.7 Å². The van der Waals surface area contributed by atoms with Crippen LogP contribution in [0.25, 0.3) is 0 Å². The highest BCUT2D eigenvalue weighted by molar-refractivity contribution is 6.17. The second-order valence-electron chi connectivity index (χ2n) is 8.53. The van der Waals surface area contributed by atoms with Gasteiger partial charge in [0.25, 0.3) is 5.91 Å². The maximum atomic E-state index is 13.0. The van der Waals surface area contributed by atoms with Gasteiger partial charge in [0.1, 0.15) is 17.5 Å². The molecule has 5 heteroatoms. The van der Waals surface area contributed by atoms with Crippen LogP contribution in [-0.4, -0.2) is 29.4 Å². The molecule has 2 rings (SSSR count). The molecule has 1 unspecified atom stereocenters. The molecule has 1 aliphatic heterocycles. The maximum absolute atomic E-state index is 13.0. The molecule has 2 aliphatic rings. The molecule has 0 spiro atoms. The van der Waals surface area contributed by atoms with Gasteiger partial charge in [-0.25, -0.2) is 4.79 Å². The van der Waals surface area contributed by atoms with Crippen LogP contribution in [0, 0.1) is 0 Å². The first-order valence-electron chi connectivity index (χ1n) is 11.9. The minimum atomic E-state index is -0.675. The summed E-state index contributed by atoms with van der Waals surface area (Å²) < 4.78 is 5.86. The van der Waals surface area contributed by atoms with E-state index in [1.54, 1.807) is 0 Å². The van der Waals surface area contributed by atoms with Crippen molar-refractivity contribution in [2.45, 2.75) is 123 Å². The van der Waals surface area contributed by atoms with Crippen LogP contribution in [0.4, 0.5) is 0 Å². The fraction of sp³-hybridized carbons (Fsp3) is 0.792. The third-order valence-corrected chi connectivity index (χ3v) is 6.16. The number of nitrogens with zero attached hydrogens (tertiary/aromatic N) is 1. The SMILES string of the molecule is CCCCC1(CCC)N=C(/C(CCC)=C(\CC)C(=O)OC2CCCCC2)NC1=O. The molecule has 0 aromatic rings. The molecular formula is C24H40N2O3. The standard InChI is InChI=1S/C24H40N2O3/c1-5-9-17-24(16-7-3)23(28)25-21(26-24)20(13-6-2)19(8-4)22(27)29-18-14-11-10-12-15-18/h18H,5-17H2,1-4H3,(H,25,26,28)/b20-19+. The number of esters is 1. The molecule has 0 radical (unpaired) electrons. The summed E-state index contributed by atoms with van der Waals surface area (Å²) in [4.78, 5) is 30.9. The highest BCUT2D eigenvalue weighted by atomic mass is 16.5. The van der Waals surface area contributed by atoms with E-state index < -0.39 is 5.54 Å². The number of rotatable bonds is 11. The number of carbonyl (C=O) groups excluding carboxylic acids is 2. The summed E-state index contributed by atoms with van der Waals surface area (Å²) in [5, 5.41) is 3.04. The number of nitrogens with one attached hydrogen (secondary N) is 1. The zero-order valence-corrected chi connectivity index (χ0v) is 18.9. The lowest BCUT2D eigenvalue weighted by molar-refractivity contribution is -0.145. The Balaban J connectivity index is 2.33. The van der Waals surface area contributed by atoms with Crippen LogP contribution in [0.1, 0.15) is 111 Å². The van der Waals surface area contributed by atoms with Crippen LogP contribution >= 0.6 is 0 Å². The molecule has 0 bridgehead atoms. The van der Waals surface area contributed by atoms with E-state index in [1.165, 1.54) is 6.42 Å². The summed E-state index contributed by atoms with van der Waals surface area (Å²) in [5.41, 5.74) is 0.878. The van der Waals surface area contributed by atoms with Crippen molar-refractivity contribution in [3.05, 3.63) is 11.1 Å². The van der Waals surface area contributed by atoms with Crippen molar-refractivity contribution in [2.24, 2.45) is 4.99 Å². The van der Waals surface area contributed by atoms with Gasteiger partial charge in [0, 0.05) is 11.1 Å². The van der Waals surface area contributed by atoms with E-state index in [0.717, 1.165) is 76.2 Å². The van der Waals surface area contributed by atoms with E-state index in [-0.39, 0.29) is 18.0 Å². The molecular weight excluding hydrogens is 364 g/mol. The fourth-order valence-electron chi connectivity index (χ4n) is 4.55. The van der Waals surface area contributed by atoms with Gasteiger partial charge in [-0.15, -0.1) is 0 Å². The molecule has 1 fully saturated rings. The molecule has 1 heterocycles. The van der Waals surface area contributed by atoms with Crippen molar-refractivity contribution < 1.29 is 14.3 Å². The first kappa shape index (κ1) is 23.6. The number of amidine groups is 1. The summed E-state index contributed by atoms with van der Waals surface area (Å²) in [6.07, 6.45) is 12.1. The molecule has 0 saturated heterocycles. The average molecular weight is 405 g/mol. The van der Waals surface area contributed by atoms with Crippen molar-refractivity contribution in [3.63, 3.8) is 0 Å². The summed E-state index contributed by atoms with van der Waals surface area (Å²) >= 11 is 0. The van der Waals surface area contributed by atoms with Crippen molar-refractivity contribution in [2.75, 3.05) is 0 Å². The zero-order chi connectivity index (χ0) is 21.3. The summed E-state index contributed by atoms with van der Waals surface area (Å²) in [5.74, 6) is 0.382. The number of aliphatic imine (C=N–C) groups is 1. The molecule has 5 nitrogen and oxygen atoms in total. The van der Waals surface area contributed by atoms with E-state index in [4.69, 9.17) is 9.73 Å². The fourth-order valence-corrected chi connectivity index (χ4v) is 4.55. The zero-order valence-electron chi connectivity index (χ0n) is 18.9.